The van der Waals surface area contributed by atoms with E-state index in [9.17, 15) is 9.18 Å². The highest BCUT2D eigenvalue weighted by atomic mass is 19.1. The fraction of sp³-hybridized carbons (Fsp3) is 0.423. The van der Waals surface area contributed by atoms with Gasteiger partial charge in [0.05, 0.1) is 13.2 Å². The molecule has 0 radical (unpaired) electrons. The van der Waals surface area contributed by atoms with Crippen LogP contribution in [0.5, 0.6) is 5.75 Å². The smallest absolute Gasteiger partial charge is 0.352 e. The van der Waals surface area contributed by atoms with Gasteiger partial charge in [-0.3, -0.25) is 4.57 Å². The first-order valence-corrected chi connectivity index (χ1v) is 12.0. The van der Waals surface area contributed by atoms with Crippen molar-refractivity contribution in [1.29, 1.82) is 0 Å². The Kier molecular flexibility index (Phi) is 8.12. The summed E-state index contributed by atoms with van der Waals surface area (Å²) in [4.78, 5) is 25.5. The quantitative estimate of drug-likeness (QED) is 0.420. The highest BCUT2D eigenvalue weighted by molar-refractivity contribution is 5.48. The lowest BCUT2D eigenvalue weighted by atomic mass is 10.2. The topological polar surface area (TPSA) is 63.5 Å². The van der Waals surface area contributed by atoms with Gasteiger partial charge in [0.1, 0.15) is 17.9 Å². The first-order chi connectivity index (χ1) is 16.6. The molecule has 1 saturated heterocycles. The van der Waals surface area contributed by atoms with Crippen LogP contribution in [0.4, 0.5) is 16.0 Å². The summed E-state index contributed by atoms with van der Waals surface area (Å²) in [5.74, 6) is 1.06. The Hall–Kier alpha value is -3.42. The Morgan fingerprint density at radius 1 is 0.912 bits per heavy atom. The number of benzene rings is 2. The van der Waals surface area contributed by atoms with Gasteiger partial charge >= 0.3 is 5.69 Å². The zero-order chi connectivity index (χ0) is 23.8. The molecule has 34 heavy (non-hydrogen) atoms. The Morgan fingerprint density at radius 2 is 1.62 bits per heavy atom. The fourth-order valence-corrected chi connectivity index (χ4v) is 4.03. The van der Waals surface area contributed by atoms with Crippen molar-refractivity contribution in [2.45, 2.75) is 39.2 Å². The molecule has 2 heterocycles. The minimum absolute atomic E-state index is 0.238. The van der Waals surface area contributed by atoms with Crippen molar-refractivity contribution >= 4 is 11.6 Å². The lowest BCUT2D eigenvalue weighted by Gasteiger charge is -2.36. The van der Waals surface area contributed by atoms with E-state index in [1.807, 2.05) is 29.2 Å². The second kappa shape index (κ2) is 11.6. The van der Waals surface area contributed by atoms with Crippen molar-refractivity contribution in [2.75, 3.05) is 42.6 Å². The number of nitrogens with zero attached hydrogens (tertiary/aromatic N) is 5. The molecule has 1 fully saturated rings. The highest BCUT2D eigenvalue weighted by Gasteiger charge is 2.20. The number of unbranched alkanes of at least 4 members (excludes halogenated alkanes) is 3. The van der Waals surface area contributed by atoms with Crippen LogP contribution < -0.4 is 20.2 Å². The number of aromatic nitrogens is 3. The van der Waals surface area contributed by atoms with Gasteiger partial charge in [0.25, 0.3) is 0 Å². The molecule has 0 atom stereocenters. The van der Waals surface area contributed by atoms with Gasteiger partial charge in [0.15, 0.2) is 0 Å². The molecule has 8 heteroatoms. The number of halogens is 1. The molecule has 3 aromatic rings. The van der Waals surface area contributed by atoms with E-state index in [0.29, 0.717) is 25.6 Å². The molecule has 0 bridgehead atoms. The third-order valence-corrected chi connectivity index (χ3v) is 6.05. The maximum atomic E-state index is 13.2. The van der Waals surface area contributed by atoms with Crippen LogP contribution in [0.2, 0.25) is 0 Å². The van der Waals surface area contributed by atoms with Crippen molar-refractivity contribution in [3.05, 3.63) is 76.7 Å². The van der Waals surface area contributed by atoms with Gasteiger partial charge in [-0.1, -0.05) is 38.3 Å². The number of ether oxygens (including phenoxy) is 1. The first kappa shape index (κ1) is 23.7. The standard InChI is InChI=1S/C26H32FN5O2/c1-2-3-4-5-18-34-24-12-6-21(7-13-24)19-32-20-28-25(29-26(32)33)31-16-14-30(15-17-31)23-10-8-22(27)9-11-23/h6-13,20H,2-5,14-19H2,1H3. The van der Waals surface area contributed by atoms with Gasteiger partial charge in [0.2, 0.25) is 5.95 Å². The summed E-state index contributed by atoms with van der Waals surface area (Å²) in [5, 5.41) is 0. The maximum Gasteiger partial charge on any atom is 0.352 e. The zero-order valence-electron chi connectivity index (χ0n) is 19.7. The van der Waals surface area contributed by atoms with Gasteiger partial charge in [-0.05, 0) is 48.4 Å². The molecular weight excluding hydrogens is 433 g/mol. The van der Waals surface area contributed by atoms with Crippen LogP contribution >= 0.6 is 0 Å². The Balaban J connectivity index is 1.29. The van der Waals surface area contributed by atoms with Gasteiger partial charge in [0, 0.05) is 31.9 Å². The summed E-state index contributed by atoms with van der Waals surface area (Å²) in [6.45, 7) is 6.24. The Labute approximate surface area is 199 Å². The third kappa shape index (κ3) is 6.34. The summed E-state index contributed by atoms with van der Waals surface area (Å²) in [6.07, 6.45) is 6.28. The van der Waals surface area contributed by atoms with Crippen molar-refractivity contribution in [3.63, 3.8) is 0 Å². The molecule has 7 nitrogen and oxygen atoms in total. The molecule has 1 aliphatic rings. The van der Waals surface area contributed by atoms with Crippen LogP contribution in [0, 0.1) is 5.82 Å². The number of piperazine rings is 1. The number of hydrogen-bond acceptors (Lipinski definition) is 6. The normalized spacial score (nSPS) is 13.8. The third-order valence-electron chi connectivity index (χ3n) is 6.05. The van der Waals surface area contributed by atoms with Crippen molar-refractivity contribution < 1.29 is 9.13 Å². The van der Waals surface area contributed by atoms with Crippen LogP contribution in [0.25, 0.3) is 0 Å². The summed E-state index contributed by atoms with van der Waals surface area (Å²) in [5.41, 5.74) is 1.66. The van der Waals surface area contributed by atoms with E-state index in [0.717, 1.165) is 43.1 Å². The van der Waals surface area contributed by atoms with E-state index in [4.69, 9.17) is 4.74 Å². The van der Waals surface area contributed by atoms with Crippen LogP contribution in [0.1, 0.15) is 38.2 Å². The maximum absolute atomic E-state index is 13.2. The van der Waals surface area contributed by atoms with E-state index >= 15 is 0 Å². The number of anilines is 2. The molecule has 180 valence electrons. The monoisotopic (exact) mass is 465 g/mol. The van der Waals surface area contributed by atoms with Gasteiger partial charge < -0.3 is 14.5 Å². The van der Waals surface area contributed by atoms with Gasteiger partial charge in [-0.25, -0.2) is 14.2 Å². The second-order valence-corrected chi connectivity index (χ2v) is 8.57. The average Bonchev–Trinajstić information content (AvgIpc) is 2.87. The minimum Gasteiger partial charge on any atom is -0.494 e. The van der Waals surface area contributed by atoms with Crippen LogP contribution in [-0.4, -0.2) is 47.3 Å². The van der Waals surface area contributed by atoms with Crippen LogP contribution in [0.15, 0.2) is 59.7 Å². The molecule has 1 aromatic heterocycles. The van der Waals surface area contributed by atoms with E-state index < -0.39 is 0 Å². The molecule has 0 aliphatic carbocycles. The van der Waals surface area contributed by atoms with E-state index in [1.165, 1.54) is 36.0 Å². The van der Waals surface area contributed by atoms with Gasteiger partial charge in [-0.2, -0.15) is 4.98 Å². The molecule has 0 N–H and O–H groups in total. The molecule has 0 saturated carbocycles. The zero-order valence-corrected chi connectivity index (χ0v) is 19.7. The summed E-state index contributed by atoms with van der Waals surface area (Å²) in [6, 6.07) is 14.3. The molecule has 4 rings (SSSR count). The number of rotatable bonds is 10. The fourth-order valence-electron chi connectivity index (χ4n) is 4.03. The molecule has 2 aromatic carbocycles. The Morgan fingerprint density at radius 3 is 2.29 bits per heavy atom. The SMILES string of the molecule is CCCCCCOc1ccc(Cn2cnc(N3CCN(c4ccc(F)cc4)CC3)nc2=O)cc1. The van der Waals surface area contributed by atoms with Crippen LogP contribution in [0.3, 0.4) is 0 Å². The lowest BCUT2D eigenvalue weighted by Crippen LogP contribution is -2.47. The molecule has 0 spiro atoms. The molecular formula is C26H32FN5O2. The molecule has 1 aliphatic heterocycles. The summed E-state index contributed by atoms with van der Waals surface area (Å²) < 4.78 is 20.5. The predicted octanol–water partition coefficient (Wildman–Crippen LogP) is 4.11. The minimum atomic E-state index is -0.317. The summed E-state index contributed by atoms with van der Waals surface area (Å²) >= 11 is 0. The largest absolute Gasteiger partial charge is 0.494 e. The molecule has 0 amide bonds. The van der Waals surface area contributed by atoms with E-state index in [1.54, 1.807) is 18.5 Å². The Bertz CT molecular complexity index is 1090. The highest BCUT2D eigenvalue weighted by Crippen LogP contribution is 2.18. The van der Waals surface area contributed by atoms with Crippen molar-refractivity contribution in [1.82, 2.24) is 14.5 Å². The predicted molar refractivity (Wildman–Crippen MR) is 132 cm³/mol. The summed E-state index contributed by atoms with van der Waals surface area (Å²) in [7, 11) is 0. The first-order valence-electron chi connectivity index (χ1n) is 12.0. The second-order valence-electron chi connectivity index (χ2n) is 8.57. The van der Waals surface area contributed by atoms with Crippen molar-refractivity contribution in [2.24, 2.45) is 0 Å². The molecule has 0 unspecified atom stereocenters. The average molecular weight is 466 g/mol. The number of hydrogen-bond donors (Lipinski definition) is 0. The van der Waals surface area contributed by atoms with Gasteiger partial charge in [-0.15, -0.1) is 0 Å². The lowest BCUT2D eigenvalue weighted by molar-refractivity contribution is 0.305. The van der Waals surface area contributed by atoms with Crippen molar-refractivity contribution in [3.8, 4) is 5.75 Å². The van der Waals surface area contributed by atoms with E-state index in [2.05, 4.69) is 21.8 Å². The van der Waals surface area contributed by atoms with Crippen LogP contribution in [-0.2, 0) is 6.54 Å². The van der Waals surface area contributed by atoms with E-state index in [-0.39, 0.29) is 11.5 Å².